The highest BCUT2D eigenvalue weighted by molar-refractivity contribution is 5.77. The van der Waals surface area contributed by atoms with Gasteiger partial charge in [0.25, 0.3) is 0 Å². The molecule has 0 aromatic carbocycles. The first kappa shape index (κ1) is 21.4. The number of carbonyl (C=O) groups is 3. The Kier molecular flexibility index (Phi) is 8.87. The molecule has 0 fully saturated rings. The highest BCUT2D eigenvalue weighted by atomic mass is 16.5. The fourth-order valence-electron chi connectivity index (χ4n) is 1.86. The maximum Gasteiger partial charge on any atom is 0.306 e. The van der Waals surface area contributed by atoms with Crippen molar-refractivity contribution < 1.29 is 23.9 Å². The van der Waals surface area contributed by atoms with Gasteiger partial charge in [-0.25, -0.2) is 0 Å². The zero-order valence-corrected chi connectivity index (χ0v) is 15.3. The smallest absolute Gasteiger partial charge is 0.306 e. The number of methoxy groups -OCH3 is 1. The van der Waals surface area contributed by atoms with Gasteiger partial charge in [-0.05, 0) is 23.7 Å². The van der Waals surface area contributed by atoms with Gasteiger partial charge in [-0.15, -0.1) is 0 Å². The van der Waals surface area contributed by atoms with Gasteiger partial charge in [0.15, 0.2) is 0 Å². The topological polar surface area (TPSA) is 81.7 Å². The summed E-state index contributed by atoms with van der Waals surface area (Å²) in [6.07, 6.45) is 1.85. The third-order valence-electron chi connectivity index (χ3n) is 3.68. The van der Waals surface area contributed by atoms with Gasteiger partial charge < -0.3 is 14.8 Å². The number of hydrogen-bond donors (Lipinski definition) is 1. The van der Waals surface area contributed by atoms with Crippen LogP contribution in [-0.4, -0.2) is 38.1 Å². The van der Waals surface area contributed by atoms with E-state index >= 15 is 0 Å². The average Bonchev–Trinajstić information content (AvgIpc) is 2.47. The van der Waals surface area contributed by atoms with Crippen LogP contribution in [0.25, 0.3) is 0 Å². The van der Waals surface area contributed by atoms with Gasteiger partial charge in [-0.1, -0.05) is 27.7 Å². The van der Waals surface area contributed by atoms with Crippen molar-refractivity contribution in [2.24, 2.45) is 10.8 Å². The largest absolute Gasteiger partial charge is 0.469 e. The first-order valence-electron chi connectivity index (χ1n) is 7.94. The molecule has 134 valence electrons. The standard InChI is InChI=1S/C17H31NO5/c1-13(19)18-11-16(2,3)9-10-17(4,5)12-23-15(21)8-7-14(20)22-6/h7-12H2,1-6H3,(H,18,19). The Labute approximate surface area is 139 Å². The summed E-state index contributed by atoms with van der Waals surface area (Å²) in [4.78, 5) is 33.6. The van der Waals surface area contributed by atoms with Crippen LogP contribution >= 0.6 is 0 Å². The molecular weight excluding hydrogens is 298 g/mol. The van der Waals surface area contributed by atoms with Crippen molar-refractivity contribution in [3.8, 4) is 0 Å². The molecule has 0 aromatic heterocycles. The zero-order valence-electron chi connectivity index (χ0n) is 15.3. The molecule has 0 aromatic rings. The molecule has 0 spiro atoms. The van der Waals surface area contributed by atoms with Gasteiger partial charge in [0, 0.05) is 13.5 Å². The second kappa shape index (κ2) is 9.53. The maximum absolute atomic E-state index is 11.6. The molecule has 0 rings (SSSR count). The minimum absolute atomic E-state index is 0.0160. The van der Waals surface area contributed by atoms with E-state index in [4.69, 9.17) is 4.74 Å². The normalized spacial score (nSPS) is 11.7. The summed E-state index contributed by atoms with van der Waals surface area (Å²) in [5, 5.41) is 2.84. The fourth-order valence-corrected chi connectivity index (χ4v) is 1.86. The summed E-state index contributed by atoms with van der Waals surface area (Å²) in [6.45, 7) is 10.7. The molecule has 6 heteroatoms. The summed E-state index contributed by atoms with van der Waals surface area (Å²) in [5.41, 5.74) is -0.174. The second-order valence-electron chi connectivity index (χ2n) is 7.47. The maximum atomic E-state index is 11.6. The lowest BCUT2D eigenvalue weighted by molar-refractivity contribution is -0.151. The molecule has 1 amide bonds. The van der Waals surface area contributed by atoms with E-state index in [-0.39, 0.29) is 35.5 Å². The van der Waals surface area contributed by atoms with Gasteiger partial charge in [-0.2, -0.15) is 0 Å². The Hall–Kier alpha value is -1.59. The summed E-state index contributed by atoms with van der Waals surface area (Å²) in [6, 6.07) is 0. The van der Waals surface area contributed by atoms with Crippen molar-refractivity contribution in [2.45, 2.75) is 60.3 Å². The van der Waals surface area contributed by atoms with Gasteiger partial charge in [0.2, 0.25) is 5.91 Å². The molecule has 0 unspecified atom stereocenters. The number of esters is 2. The first-order valence-corrected chi connectivity index (χ1v) is 7.94. The van der Waals surface area contributed by atoms with Gasteiger partial charge in [-0.3, -0.25) is 14.4 Å². The van der Waals surface area contributed by atoms with E-state index < -0.39 is 5.97 Å². The SMILES string of the molecule is COC(=O)CCC(=O)OCC(C)(C)CCC(C)(C)CNC(C)=O. The molecule has 0 bridgehead atoms. The number of hydrogen-bond acceptors (Lipinski definition) is 5. The van der Waals surface area contributed by atoms with Crippen molar-refractivity contribution in [1.29, 1.82) is 0 Å². The van der Waals surface area contributed by atoms with Crippen molar-refractivity contribution in [3.63, 3.8) is 0 Å². The van der Waals surface area contributed by atoms with E-state index in [1.807, 2.05) is 13.8 Å². The van der Waals surface area contributed by atoms with Crippen LogP contribution in [0.2, 0.25) is 0 Å². The first-order chi connectivity index (χ1) is 10.5. The minimum Gasteiger partial charge on any atom is -0.469 e. The number of carbonyl (C=O) groups excluding carboxylic acids is 3. The monoisotopic (exact) mass is 329 g/mol. The number of rotatable bonds is 10. The molecule has 0 aliphatic heterocycles. The van der Waals surface area contributed by atoms with E-state index in [1.54, 1.807) is 0 Å². The van der Waals surface area contributed by atoms with Gasteiger partial charge in [0.05, 0.1) is 26.6 Å². The van der Waals surface area contributed by atoms with E-state index in [0.717, 1.165) is 12.8 Å². The van der Waals surface area contributed by atoms with Crippen LogP contribution in [0, 0.1) is 10.8 Å². The highest BCUT2D eigenvalue weighted by Crippen LogP contribution is 2.30. The van der Waals surface area contributed by atoms with Crippen molar-refractivity contribution in [3.05, 3.63) is 0 Å². The van der Waals surface area contributed by atoms with Gasteiger partial charge >= 0.3 is 11.9 Å². The number of amides is 1. The number of ether oxygens (including phenoxy) is 2. The Bertz CT molecular complexity index is 415. The van der Waals surface area contributed by atoms with E-state index in [1.165, 1.54) is 14.0 Å². The van der Waals surface area contributed by atoms with Crippen LogP contribution < -0.4 is 5.32 Å². The Morgan fingerprint density at radius 3 is 1.96 bits per heavy atom. The summed E-state index contributed by atoms with van der Waals surface area (Å²) in [5.74, 6) is -0.834. The predicted molar refractivity (Wildman–Crippen MR) is 87.7 cm³/mol. The van der Waals surface area contributed by atoms with Crippen LogP contribution in [0.1, 0.15) is 60.3 Å². The van der Waals surface area contributed by atoms with E-state index in [0.29, 0.717) is 13.2 Å². The third-order valence-corrected chi connectivity index (χ3v) is 3.68. The van der Waals surface area contributed by atoms with Crippen LogP contribution in [0.3, 0.4) is 0 Å². The molecule has 0 atom stereocenters. The van der Waals surface area contributed by atoms with Crippen LogP contribution in [0.5, 0.6) is 0 Å². The van der Waals surface area contributed by atoms with Crippen molar-refractivity contribution in [2.75, 3.05) is 20.3 Å². The van der Waals surface area contributed by atoms with E-state index in [9.17, 15) is 14.4 Å². The molecule has 1 N–H and O–H groups in total. The third kappa shape index (κ3) is 11.6. The molecule has 0 heterocycles. The molecule has 0 aliphatic carbocycles. The molecule has 0 aliphatic rings. The molecule has 0 saturated carbocycles. The molecule has 23 heavy (non-hydrogen) atoms. The highest BCUT2D eigenvalue weighted by Gasteiger charge is 2.26. The summed E-state index contributed by atoms with van der Waals surface area (Å²) < 4.78 is 9.73. The number of nitrogens with one attached hydrogen (secondary N) is 1. The van der Waals surface area contributed by atoms with Crippen LogP contribution in [-0.2, 0) is 23.9 Å². The molecule has 0 saturated heterocycles. The lowest BCUT2D eigenvalue weighted by Crippen LogP contribution is -2.34. The predicted octanol–water partition coefficient (Wildman–Crippen LogP) is 2.45. The summed E-state index contributed by atoms with van der Waals surface area (Å²) in [7, 11) is 1.29. The zero-order chi connectivity index (χ0) is 18.1. The quantitative estimate of drug-likeness (QED) is 0.623. The lowest BCUT2D eigenvalue weighted by Gasteiger charge is -2.31. The Balaban J connectivity index is 4.15. The second-order valence-corrected chi connectivity index (χ2v) is 7.47. The van der Waals surface area contributed by atoms with Crippen LogP contribution in [0.15, 0.2) is 0 Å². The molecule has 0 radical (unpaired) electrons. The average molecular weight is 329 g/mol. The fraction of sp³-hybridized carbons (Fsp3) is 0.824. The van der Waals surface area contributed by atoms with Crippen molar-refractivity contribution >= 4 is 17.8 Å². The Morgan fingerprint density at radius 2 is 1.43 bits per heavy atom. The molecular formula is C17H31NO5. The van der Waals surface area contributed by atoms with Crippen LogP contribution in [0.4, 0.5) is 0 Å². The molecule has 6 nitrogen and oxygen atoms in total. The minimum atomic E-state index is -0.416. The summed E-state index contributed by atoms with van der Waals surface area (Å²) >= 11 is 0. The Morgan fingerprint density at radius 1 is 0.913 bits per heavy atom. The lowest BCUT2D eigenvalue weighted by atomic mass is 9.79. The van der Waals surface area contributed by atoms with Crippen molar-refractivity contribution in [1.82, 2.24) is 5.32 Å². The van der Waals surface area contributed by atoms with E-state index in [2.05, 4.69) is 23.9 Å². The van der Waals surface area contributed by atoms with Gasteiger partial charge in [0.1, 0.15) is 0 Å².